The summed E-state index contributed by atoms with van der Waals surface area (Å²) in [5.41, 5.74) is -4.97. The van der Waals surface area contributed by atoms with E-state index in [9.17, 15) is 64.3 Å². The van der Waals surface area contributed by atoms with Crippen LogP contribution in [0.2, 0.25) is 20.1 Å². The number of esters is 2. The molecule has 5 aromatic rings. The molecule has 0 radical (unpaired) electrons. The number of nitrogens with zero attached hydrogens (tertiary/aromatic N) is 2. The van der Waals surface area contributed by atoms with Crippen molar-refractivity contribution in [3.63, 3.8) is 0 Å². The maximum absolute atomic E-state index is 13.9. The van der Waals surface area contributed by atoms with Crippen molar-refractivity contribution in [1.82, 2.24) is 4.98 Å². The monoisotopic (exact) mass is 1010 g/mol. The molecule has 0 aliphatic carbocycles. The number of carbonyl (C=O) groups excluding carboxylic acids is 4. The van der Waals surface area contributed by atoms with Crippen LogP contribution in [0.25, 0.3) is 0 Å². The number of carbonyl (C=O) groups is 7. The van der Waals surface area contributed by atoms with Crippen LogP contribution < -0.4 is 4.90 Å². The molecule has 2 amide bonds. The van der Waals surface area contributed by atoms with Gasteiger partial charge < -0.3 is 24.8 Å². The Bertz CT molecular complexity index is 2770. The number of aryl methyl sites for hydroxylation is 1. The largest absolute Gasteiger partial charge is 0.478 e. The first kappa shape index (κ1) is 55.3. The number of aromatic carboxylic acids is 3. The fourth-order valence-corrected chi connectivity index (χ4v) is 5.82. The Hall–Kier alpha value is -6.81. The van der Waals surface area contributed by atoms with Gasteiger partial charge in [-0.25, -0.2) is 51.4 Å². The summed E-state index contributed by atoms with van der Waals surface area (Å²) in [6, 6.07) is 12.9. The minimum Gasteiger partial charge on any atom is -0.478 e. The zero-order chi connectivity index (χ0) is 49.4. The van der Waals surface area contributed by atoms with E-state index in [0.29, 0.717) is 17.8 Å². The van der Waals surface area contributed by atoms with Gasteiger partial charge in [-0.05, 0) is 67.6 Å². The van der Waals surface area contributed by atoms with E-state index in [1.807, 2.05) is 0 Å². The molecule has 1 aromatic heterocycles. The standard InChI is InChI=1S/C14H8ClFN2O2.2C9H6ClFO4.C8H3ClF4O2.CH4/c1-7-3-2-4-10(17-7)18-13(19)8-5-6-9(15)12(16)11(8)14(18)20;1-15-9(14)4-2-3-5(10)7(11)6(4)8(12)13;1-15-9(14)6-4(8(12)13)2-3-5(10)7(6)11;9-4-2-1-3(8(11,12)13)5(6(4)10)7(14)15;/h2-6H,1H3;2*2-3H,1H3,(H,12,13);1-2H,(H,14,15);1H4. The van der Waals surface area contributed by atoms with Crippen molar-refractivity contribution in [2.45, 2.75) is 20.5 Å². The summed E-state index contributed by atoms with van der Waals surface area (Å²) in [7, 11) is 2.09. The second-order valence-corrected chi connectivity index (χ2v) is 13.7. The first-order chi connectivity index (χ1) is 30.2. The van der Waals surface area contributed by atoms with Crippen molar-refractivity contribution in [1.29, 1.82) is 0 Å². The molecule has 350 valence electrons. The van der Waals surface area contributed by atoms with Crippen molar-refractivity contribution in [3.8, 4) is 0 Å². The third kappa shape index (κ3) is 12.3. The van der Waals surface area contributed by atoms with Crippen molar-refractivity contribution in [3.05, 3.63) is 160 Å². The molecule has 1 aliphatic heterocycles. The van der Waals surface area contributed by atoms with Gasteiger partial charge in [-0.15, -0.1) is 0 Å². The summed E-state index contributed by atoms with van der Waals surface area (Å²) in [5.74, 6) is -12.9. The number of benzene rings is 4. The van der Waals surface area contributed by atoms with E-state index in [-0.39, 0.29) is 45.0 Å². The van der Waals surface area contributed by atoms with Crippen molar-refractivity contribution < 1.29 is 89.1 Å². The van der Waals surface area contributed by atoms with Crippen LogP contribution in [0.15, 0.2) is 66.7 Å². The highest BCUT2D eigenvalue weighted by Gasteiger charge is 2.41. The summed E-state index contributed by atoms with van der Waals surface area (Å²) in [6.45, 7) is 1.74. The lowest BCUT2D eigenvalue weighted by molar-refractivity contribution is -0.138. The molecule has 0 bridgehead atoms. The maximum atomic E-state index is 13.9. The fraction of sp³-hybridized carbons (Fsp3) is 0.122. The Labute approximate surface area is 386 Å². The molecule has 0 saturated carbocycles. The highest BCUT2D eigenvalue weighted by Crippen LogP contribution is 2.35. The number of halogens is 11. The Kier molecular flexibility index (Phi) is 19.2. The van der Waals surface area contributed by atoms with E-state index in [4.69, 9.17) is 61.7 Å². The zero-order valence-corrected chi connectivity index (χ0v) is 35.4. The van der Waals surface area contributed by atoms with Gasteiger partial charge in [0.05, 0.1) is 62.1 Å². The third-order valence-electron chi connectivity index (χ3n) is 8.09. The number of rotatable bonds is 6. The number of aromatic nitrogens is 1. The Morgan fingerprint density at radius 3 is 1.52 bits per heavy atom. The molecule has 0 unspecified atom stereocenters. The van der Waals surface area contributed by atoms with E-state index < -0.39 is 104 Å². The number of pyridine rings is 1. The zero-order valence-electron chi connectivity index (χ0n) is 32.4. The molecular formula is C41H27Cl4F7N2O12. The van der Waals surface area contributed by atoms with E-state index in [1.165, 1.54) is 18.2 Å². The van der Waals surface area contributed by atoms with E-state index >= 15 is 0 Å². The number of amides is 2. The van der Waals surface area contributed by atoms with Crippen LogP contribution in [-0.4, -0.2) is 76.2 Å². The third-order valence-corrected chi connectivity index (χ3v) is 9.26. The topological polar surface area (TPSA) is 215 Å². The molecule has 3 N–H and O–H groups in total. The molecule has 0 spiro atoms. The van der Waals surface area contributed by atoms with Gasteiger partial charge in [0, 0.05) is 5.69 Å². The lowest BCUT2D eigenvalue weighted by atomic mass is 10.1. The van der Waals surface area contributed by atoms with Crippen molar-refractivity contribution >= 4 is 93.9 Å². The molecule has 14 nitrogen and oxygen atoms in total. The Balaban J connectivity index is 0.000000304. The highest BCUT2D eigenvalue weighted by atomic mass is 35.5. The van der Waals surface area contributed by atoms with Crippen LogP contribution in [-0.2, 0) is 15.7 Å². The average molecular weight is 1010 g/mol. The van der Waals surface area contributed by atoms with Crippen LogP contribution in [0.5, 0.6) is 0 Å². The molecule has 25 heteroatoms. The van der Waals surface area contributed by atoms with Crippen LogP contribution in [0, 0.1) is 30.2 Å². The molecule has 6 rings (SSSR count). The number of carboxylic acid groups (broad SMARTS) is 3. The maximum Gasteiger partial charge on any atom is 0.417 e. The van der Waals surface area contributed by atoms with Gasteiger partial charge in [0.2, 0.25) is 0 Å². The minimum absolute atomic E-state index is 0. The number of ether oxygens (including phenoxy) is 2. The molecule has 1 aliphatic rings. The van der Waals surface area contributed by atoms with Gasteiger partial charge >= 0.3 is 36.0 Å². The van der Waals surface area contributed by atoms with E-state index in [2.05, 4.69) is 14.5 Å². The Morgan fingerprint density at radius 2 is 1.05 bits per heavy atom. The van der Waals surface area contributed by atoms with Gasteiger partial charge in [-0.1, -0.05) is 59.9 Å². The molecule has 0 saturated heterocycles. The summed E-state index contributed by atoms with van der Waals surface area (Å²) >= 11 is 21.6. The number of imide groups is 1. The van der Waals surface area contributed by atoms with Gasteiger partial charge in [0.25, 0.3) is 11.8 Å². The highest BCUT2D eigenvalue weighted by molar-refractivity contribution is 6.37. The second kappa shape index (κ2) is 22.9. The van der Waals surface area contributed by atoms with Crippen LogP contribution in [0.3, 0.4) is 0 Å². The van der Waals surface area contributed by atoms with E-state index in [0.717, 1.165) is 43.4 Å². The van der Waals surface area contributed by atoms with Crippen LogP contribution in [0.1, 0.15) is 91.2 Å². The lowest BCUT2D eigenvalue weighted by Crippen LogP contribution is -2.30. The quantitative estimate of drug-likeness (QED) is 0.0821. The van der Waals surface area contributed by atoms with Gasteiger partial charge in [-0.3, -0.25) is 9.59 Å². The smallest absolute Gasteiger partial charge is 0.417 e. The van der Waals surface area contributed by atoms with Crippen LogP contribution >= 0.6 is 46.4 Å². The fourth-order valence-electron chi connectivity index (χ4n) is 5.19. The molecule has 2 heterocycles. The summed E-state index contributed by atoms with van der Waals surface area (Å²) in [5, 5.41) is 24.3. The van der Waals surface area contributed by atoms with Gasteiger partial charge in [-0.2, -0.15) is 13.2 Å². The second-order valence-electron chi connectivity index (χ2n) is 12.1. The number of alkyl halides is 3. The molecule has 0 atom stereocenters. The summed E-state index contributed by atoms with van der Waals surface area (Å²) in [4.78, 5) is 83.5. The number of carboxylic acids is 3. The first-order valence-corrected chi connectivity index (χ1v) is 18.4. The molecule has 66 heavy (non-hydrogen) atoms. The number of anilines is 1. The predicted octanol–water partition coefficient (Wildman–Crippen LogP) is 10.7. The van der Waals surface area contributed by atoms with Crippen molar-refractivity contribution in [2.75, 3.05) is 19.1 Å². The number of hydrogen-bond acceptors (Lipinski definition) is 10. The molecule has 4 aromatic carbocycles. The number of fused-ring (bicyclic) bond motifs is 1. The van der Waals surface area contributed by atoms with Gasteiger partial charge in [0.1, 0.15) is 22.5 Å². The average Bonchev–Trinajstić information content (AvgIpc) is 3.49. The minimum atomic E-state index is -4.93. The predicted molar refractivity (Wildman–Crippen MR) is 221 cm³/mol. The number of methoxy groups -OCH3 is 2. The molecular weight excluding hydrogens is 987 g/mol. The summed E-state index contributed by atoms with van der Waals surface area (Å²) in [6.07, 6.45) is -4.93. The summed E-state index contributed by atoms with van der Waals surface area (Å²) < 4.78 is 98.9. The molecule has 0 fully saturated rings. The lowest BCUT2D eigenvalue weighted by Gasteiger charge is -2.12. The first-order valence-electron chi connectivity index (χ1n) is 16.9. The number of hydrogen-bond donors (Lipinski definition) is 3. The Morgan fingerprint density at radius 1 is 0.591 bits per heavy atom. The SMILES string of the molecule is C.COC(=O)c1c(C(=O)O)ccc(Cl)c1F.COC(=O)c1ccc(Cl)c(F)c1C(=O)O.Cc1cccc(N2C(=O)c3ccc(Cl)c(F)c3C2=O)n1.O=C(O)c1c(C(F)(F)F)ccc(Cl)c1F. The normalized spacial score (nSPS) is 11.3. The van der Waals surface area contributed by atoms with Crippen LogP contribution in [0.4, 0.5) is 36.6 Å². The van der Waals surface area contributed by atoms with E-state index in [1.54, 1.807) is 19.1 Å². The van der Waals surface area contributed by atoms with Gasteiger partial charge in [0.15, 0.2) is 23.3 Å². The van der Waals surface area contributed by atoms with Crippen molar-refractivity contribution in [2.24, 2.45) is 0 Å².